The Morgan fingerprint density at radius 1 is 1.67 bits per heavy atom. The minimum absolute atomic E-state index is 0.483. The normalized spacial score (nSPS) is 34.2. The molecule has 4 atom stereocenters. The average molecular weight is 258 g/mol. The van der Waals surface area contributed by atoms with Crippen LogP contribution >= 0.6 is 0 Å². The molecule has 7 nitrogen and oxygen atoms in total. The van der Waals surface area contributed by atoms with E-state index in [4.69, 9.17) is 12.2 Å². The third-order valence-corrected chi connectivity index (χ3v) is 3.09. The van der Waals surface area contributed by atoms with Crippen LogP contribution < -0.4 is 11.2 Å². The molecule has 1 saturated heterocycles. The molecule has 0 radical (unpaired) electrons. The summed E-state index contributed by atoms with van der Waals surface area (Å²) in [6.45, 7) is -0.902. The fraction of sp³-hybridized carbons (Fsp3) is 0.636. The van der Waals surface area contributed by atoms with E-state index in [9.17, 15) is 14.7 Å². The van der Waals surface area contributed by atoms with Gasteiger partial charge in [0.05, 0.1) is 15.4 Å². The summed E-state index contributed by atoms with van der Waals surface area (Å²) in [7, 11) is 1.41. The molecule has 2 rings (SSSR count). The quantitative estimate of drug-likeness (QED) is 0.731. The van der Waals surface area contributed by atoms with Crippen LogP contribution in [0.25, 0.3) is 0 Å². The second-order valence-electron chi connectivity index (χ2n) is 4.15. The first-order chi connectivity index (χ1) is 9.25. The second kappa shape index (κ2) is 5.05. The predicted octanol–water partition coefficient (Wildman–Crippen LogP) is -0.923. The Morgan fingerprint density at radius 3 is 2.94 bits per heavy atom. The predicted molar refractivity (Wildman–Crippen MR) is 62.3 cm³/mol. The lowest BCUT2D eigenvalue weighted by Crippen LogP contribution is -2.36. The highest BCUT2D eigenvalue weighted by atomic mass is 16.6. The Hall–Kier alpha value is -1.44. The van der Waals surface area contributed by atoms with Gasteiger partial charge in [-0.2, -0.15) is 0 Å². The first-order valence-electron chi connectivity index (χ1n) is 6.48. The first kappa shape index (κ1) is 10.5. The molecule has 1 aromatic rings. The van der Waals surface area contributed by atoms with Crippen LogP contribution in [-0.4, -0.2) is 40.5 Å². The number of aromatic nitrogens is 2. The maximum absolute atomic E-state index is 11.8. The van der Waals surface area contributed by atoms with Crippen molar-refractivity contribution in [3.8, 4) is 0 Å². The van der Waals surface area contributed by atoms with Gasteiger partial charge in [0, 0.05) is 25.3 Å². The van der Waals surface area contributed by atoms with Gasteiger partial charge in [0.25, 0.3) is 5.56 Å². The molecular weight excluding hydrogens is 240 g/mol. The lowest BCUT2D eigenvalue weighted by molar-refractivity contribution is -0.0625. The number of methoxy groups -OCH3 is 1. The lowest BCUT2D eigenvalue weighted by Gasteiger charge is -2.20. The molecule has 18 heavy (non-hydrogen) atoms. The van der Waals surface area contributed by atoms with Gasteiger partial charge in [-0.1, -0.05) is 6.92 Å². The second-order valence-corrected chi connectivity index (χ2v) is 4.15. The Labute approximate surface area is 106 Å². The summed E-state index contributed by atoms with van der Waals surface area (Å²) < 4.78 is 26.5. The molecule has 2 N–H and O–H groups in total. The van der Waals surface area contributed by atoms with Crippen molar-refractivity contribution in [1.82, 2.24) is 9.55 Å². The maximum Gasteiger partial charge on any atom is 0.330 e. The van der Waals surface area contributed by atoms with Gasteiger partial charge in [0.15, 0.2) is 6.23 Å². The van der Waals surface area contributed by atoms with E-state index in [0.29, 0.717) is 0 Å². The molecule has 2 heterocycles. The van der Waals surface area contributed by atoms with Crippen molar-refractivity contribution in [2.75, 3.05) is 13.7 Å². The highest BCUT2D eigenvalue weighted by Gasteiger charge is 2.43. The zero-order valence-electron chi connectivity index (χ0n) is 12.0. The highest BCUT2D eigenvalue weighted by Crippen LogP contribution is 2.34. The molecule has 1 aliphatic heterocycles. The molecule has 100 valence electrons. The third kappa shape index (κ3) is 2.12. The number of nitrogens with one attached hydrogen (secondary N) is 1. The van der Waals surface area contributed by atoms with E-state index in [0.717, 1.165) is 10.6 Å². The summed E-state index contributed by atoms with van der Waals surface area (Å²) in [5, 5.41) is 9.49. The Bertz CT molecular complexity index is 593. The van der Waals surface area contributed by atoms with Crippen LogP contribution in [0.3, 0.4) is 0 Å². The Balaban J connectivity index is 2.41. The highest BCUT2D eigenvalue weighted by molar-refractivity contribution is 4.92. The molecule has 0 aliphatic carbocycles. The van der Waals surface area contributed by atoms with E-state index < -0.39 is 42.2 Å². The standard InChI is InChI=1S/C11H16N2O5/c1-6-7(5-14)18-10(9(6)17-2)13-4-3-8(15)12-11(13)16/h3-4,6-7,9-10,14H,5H2,1-2H3,(H,12,15,16)/t6-,7-,9-,10-/m1/s1/i5D2. The molecule has 0 saturated carbocycles. The van der Waals surface area contributed by atoms with Crippen molar-refractivity contribution in [1.29, 1.82) is 0 Å². The van der Waals surface area contributed by atoms with E-state index in [1.165, 1.54) is 13.3 Å². The Morgan fingerprint density at radius 2 is 2.39 bits per heavy atom. The number of hydrogen-bond donors (Lipinski definition) is 2. The van der Waals surface area contributed by atoms with E-state index in [-0.39, 0.29) is 0 Å². The number of hydrogen-bond acceptors (Lipinski definition) is 5. The van der Waals surface area contributed by atoms with Crippen LogP contribution in [0.2, 0.25) is 0 Å². The summed E-state index contributed by atoms with van der Waals surface area (Å²) >= 11 is 0. The summed E-state index contributed by atoms with van der Waals surface area (Å²) in [5.74, 6) is -0.483. The zero-order chi connectivity index (χ0) is 15.1. The van der Waals surface area contributed by atoms with Gasteiger partial charge in [-0.25, -0.2) is 4.79 Å². The SMILES string of the molecule is [2H]C([2H])(O)[C@H]1O[C@@H](n2ccc(=O)[nH]c2=O)[C@H](OC)[C@@H]1C. The maximum atomic E-state index is 11.8. The molecule has 1 aliphatic rings. The van der Waals surface area contributed by atoms with Crippen LogP contribution in [0.1, 0.15) is 15.9 Å². The minimum Gasteiger partial charge on any atom is -0.394 e. The molecule has 0 aromatic carbocycles. The van der Waals surface area contributed by atoms with Crippen molar-refractivity contribution in [3.05, 3.63) is 33.1 Å². The van der Waals surface area contributed by atoms with E-state index >= 15 is 0 Å². The number of H-pyrrole nitrogens is 1. The molecule has 1 aromatic heterocycles. The van der Waals surface area contributed by atoms with Crippen molar-refractivity contribution in [3.63, 3.8) is 0 Å². The van der Waals surface area contributed by atoms with Crippen LogP contribution in [-0.2, 0) is 9.47 Å². The largest absolute Gasteiger partial charge is 0.394 e. The molecule has 0 amide bonds. The van der Waals surface area contributed by atoms with Crippen LogP contribution in [0, 0.1) is 5.92 Å². The number of nitrogens with zero attached hydrogens (tertiary/aromatic N) is 1. The average Bonchev–Trinajstić information content (AvgIpc) is 2.65. The number of ether oxygens (including phenoxy) is 2. The molecule has 0 bridgehead atoms. The van der Waals surface area contributed by atoms with Crippen molar-refractivity contribution >= 4 is 0 Å². The monoisotopic (exact) mass is 258 g/mol. The Kier molecular flexibility index (Phi) is 2.94. The summed E-state index contributed by atoms with van der Waals surface area (Å²) in [5.41, 5.74) is -1.23. The zero-order valence-corrected chi connectivity index (χ0v) is 9.99. The van der Waals surface area contributed by atoms with Crippen molar-refractivity contribution in [2.24, 2.45) is 5.92 Å². The summed E-state index contributed by atoms with van der Waals surface area (Å²) in [4.78, 5) is 24.9. The van der Waals surface area contributed by atoms with Crippen molar-refractivity contribution in [2.45, 2.75) is 25.4 Å². The van der Waals surface area contributed by atoms with E-state index in [2.05, 4.69) is 4.98 Å². The summed E-state index contributed by atoms with van der Waals surface area (Å²) in [6, 6.07) is 1.16. The molecule has 1 fully saturated rings. The number of rotatable bonds is 3. The molecule has 7 heteroatoms. The molecule has 0 spiro atoms. The van der Waals surface area contributed by atoms with Gasteiger partial charge < -0.3 is 14.6 Å². The summed E-state index contributed by atoms with van der Waals surface area (Å²) in [6.07, 6.45) is -1.45. The fourth-order valence-electron chi connectivity index (χ4n) is 2.11. The van der Waals surface area contributed by atoms with Gasteiger partial charge in [-0.3, -0.25) is 14.3 Å². The van der Waals surface area contributed by atoms with E-state index in [1.807, 2.05) is 0 Å². The smallest absolute Gasteiger partial charge is 0.330 e. The van der Waals surface area contributed by atoms with Crippen LogP contribution in [0.5, 0.6) is 0 Å². The topological polar surface area (TPSA) is 93.5 Å². The van der Waals surface area contributed by atoms with Crippen LogP contribution in [0.15, 0.2) is 21.9 Å². The van der Waals surface area contributed by atoms with Crippen LogP contribution in [0.4, 0.5) is 0 Å². The third-order valence-electron chi connectivity index (χ3n) is 3.09. The molecular formula is C11H16N2O5. The van der Waals surface area contributed by atoms with Gasteiger partial charge in [0.2, 0.25) is 0 Å². The lowest BCUT2D eigenvalue weighted by atomic mass is 10.0. The van der Waals surface area contributed by atoms with E-state index in [1.54, 1.807) is 6.92 Å². The van der Waals surface area contributed by atoms with Gasteiger partial charge >= 0.3 is 5.69 Å². The number of aliphatic hydroxyl groups is 1. The van der Waals surface area contributed by atoms with Gasteiger partial charge in [-0.15, -0.1) is 0 Å². The fourth-order valence-corrected chi connectivity index (χ4v) is 2.11. The van der Waals surface area contributed by atoms with Crippen molar-refractivity contribution < 1.29 is 17.3 Å². The first-order valence-corrected chi connectivity index (χ1v) is 5.48. The van der Waals surface area contributed by atoms with Gasteiger partial charge in [-0.05, 0) is 0 Å². The molecule has 0 unspecified atom stereocenters. The van der Waals surface area contributed by atoms with Gasteiger partial charge in [0.1, 0.15) is 6.10 Å². The minimum atomic E-state index is -2.56. The number of aromatic amines is 1.